The first-order chi connectivity index (χ1) is 13.5. The Morgan fingerprint density at radius 1 is 0.786 bits per heavy atom. The largest absolute Gasteiger partial charge is 0.377 e. The third-order valence-electron chi connectivity index (χ3n) is 4.81. The van der Waals surface area contributed by atoms with Crippen LogP contribution in [0.1, 0.15) is 29.2 Å². The highest BCUT2D eigenvalue weighted by Crippen LogP contribution is 2.25. The molecule has 3 aromatic carbocycles. The van der Waals surface area contributed by atoms with Crippen molar-refractivity contribution in [3.05, 3.63) is 94.3 Å². The Morgan fingerprint density at radius 2 is 1.50 bits per heavy atom. The second-order valence-corrected chi connectivity index (χ2v) is 6.82. The number of hydrogen-bond donors (Lipinski definition) is 0. The van der Waals surface area contributed by atoms with Gasteiger partial charge >= 0.3 is 0 Å². The van der Waals surface area contributed by atoms with Crippen molar-refractivity contribution in [1.82, 2.24) is 0 Å². The van der Waals surface area contributed by atoms with Crippen LogP contribution in [-0.2, 0) is 24.2 Å². The quantitative estimate of drug-likeness (QED) is 0.458. The van der Waals surface area contributed by atoms with Gasteiger partial charge in [-0.1, -0.05) is 48.5 Å². The zero-order valence-corrected chi connectivity index (χ0v) is 16.1. The van der Waals surface area contributed by atoms with Gasteiger partial charge in [-0.3, -0.25) is 0 Å². The van der Waals surface area contributed by atoms with E-state index in [2.05, 4.69) is 0 Å². The molecule has 0 aromatic heterocycles. The molecule has 3 aromatic rings. The highest BCUT2D eigenvalue weighted by molar-refractivity contribution is 5.64. The molecule has 28 heavy (non-hydrogen) atoms. The summed E-state index contributed by atoms with van der Waals surface area (Å²) in [4.78, 5) is 0. The molecular weight excluding hydrogens is 361 g/mol. The van der Waals surface area contributed by atoms with Crippen LogP contribution in [0.2, 0.25) is 0 Å². The van der Waals surface area contributed by atoms with Crippen LogP contribution in [0.25, 0.3) is 11.1 Å². The maximum absolute atomic E-state index is 14.4. The van der Waals surface area contributed by atoms with Crippen LogP contribution in [0.3, 0.4) is 0 Å². The molecule has 0 spiro atoms. The first-order valence-corrected chi connectivity index (χ1v) is 9.38. The summed E-state index contributed by atoms with van der Waals surface area (Å²) in [6, 6.07) is 15.8. The van der Waals surface area contributed by atoms with Crippen LogP contribution in [0, 0.1) is 24.4 Å². The topological polar surface area (TPSA) is 9.23 Å². The Hall–Kier alpha value is -2.59. The van der Waals surface area contributed by atoms with Crippen molar-refractivity contribution < 1.29 is 17.9 Å². The first kappa shape index (κ1) is 20.2. The number of ether oxygens (including phenoxy) is 1. The van der Waals surface area contributed by atoms with E-state index < -0.39 is 11.6 Å². The van der Waals surface area contributed by atoms with E-state index in [1.165, 1.54) is 6.07 Å². The highest BCUT2D eigenvalue weighted by atomic mass is 19.2. The Kier molecular flexibility index (Phi) is 6.53. The lowest BCUT2D eigenvalue weighted by Gasteiger charge is -2.09. The molecule has 0 aliphatic carbocycles. The predicted octanol–water partition coefficient (Wildman–Crippen LogP) is 6.40. The molecular formula is C24H23F3O. The van der Waals surface area contributed by atoms with Gasteiger partial charge < -0.3 is 4.74 Å². The van der Waals surface area contributed by atoms with Crippen molar-refractivity contribution >= 4 is 0 Å². The molecule has 0 heterocycles. The maximum Gasteiger partial charge on any atom is 0.162 e. The lowest BCUT2D eigenvalue weighted by Crippen LogP contribution is -1.99. The minimum Gasteiger partial charge on any atom is -0.377 e. The average Bonchev–Trinajstić information content (AvgIpc) is 2.70. The van der Waals surface area contributed by atoms with Gasteiger partial charge in [0, 0.05) is 12.2 Å². The molecule has 0 radical (unpaired) electrons. The number of rotatable bonds is 7. The van der Waals surface area contributed by atoms with Gasteiger partial charge in [-0.05, 0) is 60.6 Å². The van der Waals surface area contributed by atoms with Gasteiger partial charge in [0.15, 0.2) is 11.6 Å². The van der Waals surface area contributed by atoms with E-state index in [9.17, 15) is 13.2 Å². The third kappa shape index (κ3) is 4.63. The normalized spacial score (nSPS) is 11.0. The van der Waals surface area contributed by atoms with E-state index in [-0.39, 0.29) is 5.82 Å². The van der Waals surface area contributed by atoms with Gasteiger partial charge in [-0.15, -0.1) is 0 Å². The van der Waals surface area contributed by atoms with Gasteiger partial charge in [-0.25, -0.2) is 13.2 Å². The summed E-state index contributed by atoms with van der Waals surface area (Å²) in [5.74, 6) is -1.84. The zero-order valence-electron chi connectivity index (χ0n) is 16.1. The smallest absolute Gasteiger partial charge is 0.162 e. The number of benzene rings is 3. The average molecular weight is 384 g/mol. The summed E-state index contributed by atoms with van der Waals surface area (Å²) in [6.45, 7) is 4.42. The fourth-order valence-corrected chi connectivity index (χ4v) is 3.11. The standard InChI is InChI=1S/C24H23F3O/c1-3-28-15-18-8-13-21(22(25)14-18)19-10-5-17(6-11-19)7-12-20-9-4-16(2)23(26)24(20)27/h4-6,8-11,13-14H,3,7,12,15H2,1-2H3. The van der Waals surface area contributed by atoms with Gasteiger partial charge in [0.25, 0.3) is 0 Å². The van der Waals surface area contributed by atoms with Crippen LogP contribution in [0.5, 0.6) is 0 Å². The zero-order chi connectivity index (χ0) is 20.1. The fourth-order valence-electron chi connectivity index (χ4n) is 3.11. The van der Waals surface area contributed by atoms with Gasteiger partial charge in [0.2, 0.25) is 0 Å². The van der Waals surface area contributed by atoms with Crippen molar-refractivity contribution in [3.63, 3.8) is 0 Å². The number of hydrogen-bond acceptors (Lipinski definition) is 1. The molecule has 0 saturated heterocycles. The van der Waals surface area contributed by atoms with Crippen molar-refractivity contribution in [1.29, 1.82) is 0 Å². The van der Waals surface area contributed by atoms with Crippen LogP contribution in [0.15, 0.2) is 54.6 Å². The van der Waals surface area contributed by atoms with E-state index in [4.69, 9.17) is 4.74 Å². The SMILES string of the molecule is CCOCc1ccc(-c2ccc(CCc3ccc(C)c(F)c3F)cc2)c(F)c1. The van der Waals surface area contributed by atoms with E-state index in [0.717, 1.165) is 16.7 Å². The van der Waals surface area contributed by atoms with E-state index in [1.807, 2.05) is 37.3 Å². The van der Waals surface area contributed by atoms with E-state index >= 15 is 0 Å². The Labute approximate surface area is 163 Å². The van der Waals surface area contributed by atoms with Crippen LogP contribution in [0.4, 0.5) is 13.2 Å². The predicted molar refractivity (Wildman–Crippen MR) is 106 cm³/mol. The van der Waals surface area contributed by atoms with Crippen LogP contribution in [-0.4, -0.2) is 6.61 Å². The molecule has 0 aliphatic rings. The van der Waals surface area contributed by atoms with Crippen LogP contribution < -0.4 is 0 Å². The van der Waals surface area contributed by atoms with Crippen molar-refractivity contribution in [2.45, 2.75) is 33.3 Å². The first-order valence-electron chi connectivity index (χ1n) is 9.38. The maximum atomic E-state index is 14.4. The summed E-state index contributed by atoms with van der Waals surface area (Å²) in [6.07, 6.45) is 0.984. The molecule has 1 nitrogen and oxygen atoms in total. The minimum absolute atomic E-state index is 0.290. The Morgan fingerprint density at radius 3 is 2.18 bits per heavy atom. The molecule has 0 unspecified atom stereocenters. The lowest BCUT2D eigenvalue weighted by molar-refractivity contribution is 0.134. The van der Waals surface area contributed by atoms with E-state index in [1.54, 1.807) is 25.1 Å². The van der Waals surface area contributed by atoms with E-state index in [0.29, 0.717) is 42.7 Å². The minimum atomic E-state index is -0.781. The van der Waals surface area contributed by atoms with Crippen molar-refractivity contribution in [2.75, 3.05) is 6.61 Å². The summed E-state index contributed by atoms with van der Waals surface area (Å²) in [7, 11) is 0. The summed E-state index contributed by atoms with van der Waals surface area (Å²) < 4.78 is 47.4. The summed E-state index contributed by atoms with van der Waals surface area (Å²) in [5, 5.41) is 0. The second-order valence-electron chi connectivity index (χ2n) is 6.82. The van der Waals surface area contributed by atoms with Gasteiger partial charge in [-0.2, -0.15) is 0 Å². The molecule has 0 atom stereocenters. The second kappa shape index (κ2) is 9.07. The summed E-state index contributed by atoms with van der Waals surface area (Å²) in [5.41, 5.74) is 3.75. The van der Waals surface area contributed by atoms with Crippen LogP contribution >= 0.6 is 0 Å². The molecule has 4 heteroatoms. The Bertz CT molecular complexity index is 949. The number of aryl methyl sites for hydroxylation is 3. The Balaban J connectivity index is 1.69. The number of halogens is 3. The van der Waals surface area contributed by atoms with Gasteiger partial charge in [0.05, 0.1) is 6.61 Å². The summed E-state index contributed by atoms with van der Waals surface area (Å²) >= 11 is 0. The molecule has 0 N–H and O–H groups in total. The molecule has 0 aliphatic heterocycles. The highest BCUT2D eigenvalue weighted by Gasteiger charge is 2.11. The third-order valence-corrected chi connectivity index (χ3v) is 4.81. The monoisotopic (exact) mass is 384 g/mol. The van der Waals surface area contributed by atoms with Gasteiger partial charge in [0.1, 0.15) is 5.82 Å². The molecule has 3 rings (SSSR count). The van der Waals surface area contributed by atoms with Crippen molar-refractivity contribution in [3.8, 4) is 11.1 Å². The molecule has 0 amide bonds. The lowest BCUT2D eigenvalue weighted by atomic mass is 9.98. The molecule has 0 bridgehead atoms. The molecule has 146 valence electrons. The molecule has 0 fully saturated rings. The fraction of sp³-hybridized carbons (Fsp3) is 0.250. The molecule has 0 saturated carbocycles. The van der Waals surface area contributed by atoms with Crippen molar-refractivity contribution in [2.24, 2.45) is 0 Å².